The molecule has 7 heteroatoms. The van der Waals surface area contributed by atoms with Crippen molar-refractivity contribution in [1.82, 2.24) is 10.1 Å². The molecule has 1 aliphatic carbocycles. The highest BCUT2D eigenvalue weighted by atomic mass is 16.5. The number of nitrogens with zero attached hydrogens (tertiary/aromatic N) is 3. The van der Waals surface area contributed by atoms with Crippen molar-refractivity contribution in [3.05, 3.63) is 35.2 Å². The first-order chi connectivity index (χ1) is 14.1. The Morgan fingerprint density at radius 3 is 2.72 bits per heavy atom. The van der Waals surface area contributed by atoms with Gasteiger partial charge in [-0.1, -0.05) is 5.16 Å². The lowest BCUT2D eigenvalue weighted by molar-refractivity contribution is 0.0600. The number of carbonyl (C=O) groups is 1. The number of carbonyl (C=O) groups excluding carboxylic acids is 1. The molecular formula is C22H29N3O4. The minimum absolute atomic E-state index is 0.315. The van der Waals surface area contributed by atoms with E-state index in [1.165, 1.54) is 20.0 Å². The number of aryl methyl sites for hydroxylation is 1. The minimum atomic E-state index is -0.315. The van der Waals surface area contributed by atoms with Gasteiger partial charge < -0.3 is 18.9 Å². The van der Waals surface area contributed by atoms with Gasteiger partial charge in [-0.05, 0) is 75.1 Å². The Balaban J connectivity index is 1.16. The average molecular weight is 399 g/mol. The fraction of sp³-hybridized carbons (Fsp3) is 0.591. The van der Waals surface area contributed by atoms with Gasteiger partial charge in [0.15, 0.2) is 5.82 Å². The van der Waals surface area contributed by atoms with Crippen molar-refractivity contribution in [2.24, 2.45) is 5.92 Å². The molecule has 0 bridgehead atoms. The lowest BCUT2D eigenvalue weighted by Gasteiger charge is -2.30. The van der Waals surface area contributed by atoms with E-state index in [2.05, 4.69) is 15.0 Å². The van der Waals surface area contributed by atoms with Crippen LogP contribution < -0.4 is 9.64 Å². The highest BCUT2D eigenvalue weighted by Crippen LogP contribution is 2.39. The normalized spacial score (nSPS) is 17.4. The summed E-state index contributed by atoms with van der Waals surface area (Å²) in [6.45, 7) is 4.54. The van der Waals surface area contributed by atoms with Crippen molar-refractivity contribution >= 4 is 12.0 Å². The van der Waals surface area contributed by atoms with Crippen molar-refractivity contribution in [2.75, 3.05) is 31.7 Å². The first-order valence-electron chi connectivity index (χ1n) is 10.5. The minimum Gasteiger partial charge on any atom is -0.494 e. The van der Waals surface area contributed by atoms with E-state index in [0.29, 0.717) is 30.0 Å². The molecule has 0 radical (unpaired) electrons. The van der Waals surface area contributed by atoms with E-state index < -0.39 is 0 Å². The molecule has 29 heavy (non-hydrogen) atoms. The van der Waals surface area contributed by atoms with Crippen LogP contribution in [0.5, 0.6) is 5.75 Å². The fourth-order valence-corrected chi connectivity index (χ4v) is 3.90. The zero-order valence-electron chi connectivity index (χ0n) is 17.2. The number of hydrogen-bond donors (Lipinski definition) is 0. The van der Waals surface area contributed by atoms with E-state index in [4.69, 9.17) is 14.0 Å². The molecule has 2 heterocycles. The van der Waals surface area contributed by atoms with Gasteiger partial charge in [-0.25, -0.2) is 4.79 Å². The summed E-state index contributed by atoms with van der Waals surface area (Å²) in [5, 5.41) is 4.12. The van der Waals surface area contributed by atoms with Gasteiger partial charge in [0.25, 0.3) is 0 Å². The number of esters is 1. The molecule has 1 aliphatic heterocycles. The average Bonchev–Trinajstić information content (AvgIpc) is 3.48. The van der Waals surface area contributed by atoms with Gasteiger partial charge in [0.2, 0.25) is 0 Å². The Morgan fingerprint density at radius 1 is 1.24 bits per heavy atom. The summed E-state index contributed by atoms with van der Waals surface area (Å²) in [5.74, 6) is 2.61. The van der Waals surface area contributed by atoms with E-state index >= 15 is 0 Å². The summed E-state index contributed by atoms with van der Waals surface area (Å²) >= 11 is 0. The third-order valence-electron chi connectivity index (χ3n) is 5.89. The Hall–Kier alpha value is -2.57. The Labute approximate surface area is 171 Å². The maximum absolute atomic E-state index is 11.6. The van der Waals surface area contributed by atoms with Crippen LogP contribution in [-0.4, -0.2) is 42.9 Å². The number of hydrogen-bond acceptors (Lipinski definition) is 7. The third-order valence-corrected chi connectivity index (χ3v) is 5.89. The third kappa shape index (κ3) is 4.89. The van der Waals surface area contributed by atoms with E-state index in [0.717, 1.165) is 55.9 Å². The molecule has 2 fully saturated rings. The highest BCUT2D eigenvalue weighted by molar-refractivity contribution is 5.91. The fourth-order valence-electron chi connectivity index (χ4n) is 3.90. The van der Waals surface area contributed by atoms with Gasteiger partial charge in [-0.15, -0.1) is 0 Å². The van der Waals surface area contributed by atoms with E-state index in [1.54, 1.807) is 6.07 Å². The van der Waals surface area contributed by atoms with Crippen molar-refractivity contribution in [3.63, 3.8) is 0 Å². The maximum Gasteiger partial charge on any atom is 0.338 e. The molecule has 0 atom stereocenters. The molecule has 4 rings (SSSR count). The molecule has 0 N–H and O–H groups in total. The van der Waals surface area contributed by atoms with Gasteiger partial charge >= 0.3 is 12.0 Å². The number of ether oxygens (including phenoxy) is 2. The number of anilines is 1. The number of rotatable bonds is 8. The van der Waals surface area contributed by atoms with Gasteiger partial charge in [-0.2, -0.15) is 4.98 Å². The first kappa shape index (κ1) is 19.7. The molecular weight excluding hydrogens is 370 g/mol. The molecule has 0 amide bonds. The molecule has 1 saturated heterocycles. The molecule has 2 aromatic rings. The molecule has 1 aromatic carbocycles. The molecule has 0 spiro atoms. The number of piperidine rings is 1. The van der Waals surface area contributed by atoms with Crippen molar-refractivity contribution in [1.29, 1.82) is 0 Å². The predicted octanol–water partition coefficient (Wildman–Crippen LogP) is 4.12. The van der Waals surface area contributed by atoms with Crippen LogP contribution in [0, 0.1) is 12.8 Å². The van der Waals surface area contributed by atoms with Crippen molar-refractivity contribution < 1.29 is 18.8 Å². The quantitative estimate of drug-likeness (QED) is 0.488. The monoisotopic (exact) mass is 399 g/mol. The van der Waals surface area contributed by atoms with Gasteiger partial charge in [0.1, 0.15) is 5.75 Å². The second-order valence-corrected chi connectivity index (χ2v) is 8.10. The van der Waals surface area contributed by atoms with Crippen LogP contribution in [0.1, 0.15) is 66.2 Å². The first-order valence-corrected chi connectivity index (χ1v) is 10.5. The number of aromatic nitrogens is 2. The van der Waals surface area contributed by atoms with Crippen LogP contribution >= 0.6 is 0 Å². The molecule has 7 nitrogen and oxygen atoms in total. The van der Waals surface area contributed by atoms with E-state index in [9.17, 15) is 4.79 Å². The predicted molar refractivity (Wildman–Crippen MR) is 108 cm³/mol. The van der Waals surface area contributed by atoms with Crippen LogP contribution in [0.4, 0.5) is 6.01 Å². The Bertz CT molecular complexity index is 838. The largest absolute Gasteiger partial charge is 0.494 e. The molecule has 156 valence electrons. The Morgan fingerprint density at radius 2 is 2.03 bits per heavy atom. The number of methoxy groups -OCH3 is 1. The summed E-state index contributed by atoms with van der Waals surface area (Å²) in [6.07, 6.45) is 6.86. The second kappa shape index (κ2) is 8.84. The standard InChI is InChI=1S/C22H29N3O4/c1-15-14-18(7-8-19(15)21(26)27-2)28-13-3-4-16-9-11-25(12-10-16)22-23-20(24-29-22)17-5-6-17/h7-8,14,16-17H,3-6,9-13H2,1-2H3. The lowest BCUT2D eigenvalue weighted by Crippen LogP contribution is -2.34. The second-order valence-electron chi connectivity index (χ2n) is 8.10. The van der Waals surface area contributed by atoms with Gasteiger partial charge in [0, 0.05) is 19.0 Å². The molecule has 0 unspecified atom stereocenters. The van der Waals surface area contributed by atoms with Crippen LogP contribution in [0.25, 0.3) is 0 Å². The summed E-state index contributed by atoms with van der Waals surface area (Å²) < 4.78 is 16.1. The molecule has 1 aromatic heterocycles. The van der Waals surface area contributed by atoms with Crippen molar-refractivity contribution in [2.45, 2.75) is 51.4 Å². The lowest BCUT2D eigenvalue weighted by atomic mass is 9.92. The topological polar surface area (TPSA) is 77.7 Å². The van der Waals surface area contributed by atoms with E-state index in [1.807, 2.05) is 19.1 Å². The van der Waals surface area contributed by atoms with Gasteiger partial charge in [-0.3, -0.25) is 0 Å². The zero-order valence-corrected chi connectivity index (χ0v) is 17.2. The zero-order chi connectivity index (χ0) is 20.2. The summed E-state index contributed by atoms with van der Waals surface area (Å²) in [6, 6.07) is 6.18. The highest BCUT2D eigenvalue weighted by Gasteiger charge is 2.30. The smallest absolute Gasteiger partial charge is 0.338 e. The SMILES string of the molecule is COC(=O)c1ccc(OCCCC2CCN(c3nc(C4CC4)no3)CC2)cc1C. The summed E-state index contributed by atoms with van der Waals surface area (Å²) in [7, 11) is 1.39. The summed E-state index contributed by atoms with van der Waals surface area (Å²) in [5.41, 5.74) is 1.45. The van der Waals surface area contributed by atoms with Crippen LogP contribution in [0.15, 0.2) is 22.7 Å². The summed E-state index contributed by atoms with van der Waals surface area (Å²) in [4.78, 5) is 18.4. The Kier molecular flexibility index (Phi) is 6.02. The maximum atomic E-state index is 11.6. The molecule has 1 saturated carbocycles. The van der Waals surface area contributed by atoms with Gasteiger partial charge in [0.05, 0.1) is 19.3 Å². The number of benzene rings is 1. The van der Waals surface area contributed by atoms with Crippen LogP contribution in [0.3, 0.4) is 0 Å². The van der Waals surface area contributed by atoms with E-state index in [-0.39, 0.29) is 5.97 Å². The van der Waals surface area contributed by atoms with Crippen molar-refractivity contribution in [3.8, 4) is 5.75 Å². The van der Waals surface area contributed by atoms with Crippen LogP contribution in [0.2, 0.25) is 0 Å². The van der Waals surface area contributed by atoms with Crippen LogP contribution in [-0.2, 0) is 4.74 Å². The molecule has 2 aliphatic rings.